The van der Waals surface area contributed by atoms with Crippen molar-refractivity contribution < 1.29 is 14.2 Å². The first kappa shape index (κ1) is 24.8. The number of phenols is 1. The smallest absolute Gasteiger partial charge is 0.319 e. The maximum absolute atomic E-state index is 16.0. The molecule has 2 unspecified atom stereocenters. The quantitative estimate of drug-likeness (QED) is 0.439. The third kappa shape index (κ3) is 4.14. The lowest BCUT2D eigenvalue weighted by atomic mass is 9.91. The predicted molar refractivity (Wildman–Crippen MR) is 154 cm³/mol. The Labute approximate surface area is 234 Å². The molecule has 3 aromatic rings. The van der Waals surface area contributed by atoms with Gasteiger partial charge in [-0.25, -0.2) is 4.39 Å². The Kier molecular flexibility index (Phi) is 5.75. The van der Waals surface area contributed by atoms with Crippen LogP contribution in [-0.4, -0.2) is 70.4 Å². The van der Waals surface area contributed by atoms with Crippen LogP contribution in [0.2, 0.25) is 0 Å². The largest absolute Gasteiger partial charge is 0.508 e. The second-order valence-corrected chi connectivity index (χ2v) is 12.9. The Balaban J connectivity index is 1.23. The molecular weight excluding hydrogens is 505 g/mol. The number of piperazine rings is 1. The molecule has 4 saturated heterocycles. The van der Waals surface area contributed by atoms with E-state index in [0.29, 0.717) is 41.7 Å². The van der Waals surface area contributed by atoms with E-state index in [2.05, 4.69) is 15.1 Å². The topological polar surface area (TPSA) is 73.8 Å². The van der Waals surface area contributed by atoms with Gasteiger partial charge in [-0.3, -0.25) is 4.90 Å². The Morgan fingerprint density at radius 2 is 1.75 bits per heavy atom. The van der Waals surface area contributed by atoms with Gasteiger partial charge in [-0.05, 0) is 118 Å². The second-order valence-electron chi connectivity index (χ2n) is 12.9. The van der Waals surface area contributed by atoms with Crippen LogP contribution < -0.4 is 15.0 Å². The fraction of sp³-hybridized carbons (Fsp3) is 0.562. The van der Waals surface area contributed by atoms with Gasteiger partial charge in [-0.15, -0.1) is 0 Å². The van der Waals surface area contributed by atoms with Gasteiger partial charge < -0.3 is 20.1 Å². The minimum atomic E-state index is -0.303. The van der Waals surface area contributed by atoms with Gasteiger partial charge in [0.15, 0.2) is 0 Å². The summed E-state index contributed by atoms with van der Waals surface area (Å²) in [6.45, 7) is 6.59. The van der Waals surface area contributed by atoms with Gasteiger partial charge in [0.05, 0.1) is 11.1 Å². The highest BCUT2D eigenvalue weighted by molar-refractivity contribution is 5.94. The molecule has 2 N–H and O–H groups in total. The van der Waals surface area contributed by atoms with Crippen LogP contribution in [0, 0.1) is 12.7 Å². The van der Waals surface area contributed by atoms with Gasteiger partial charge in [-0.2, -0.15) is 9.97 Å². The minimum Gasteiger partial charge on any atom is -0.508 e. The number of rotatable bonds is 6. The number of fused-ring (bicyclic) bond motifs is 4. The van der Waals surface area contributed by atoms with Gasteiger partial charge in [0.2, 0.25) is 0 Å². The van der Waals surface area contributed by atoms with Crippen molar-refractivity contribution in [2.24, 2.45) is 0 Å². The molecule has 2 aromatic carbocycles. The Hall–Kier alpha value is -2.97. The summed E-state index contributed by atoms with van der Waals surface area (Å²) >= 11 is 0. The number of ether oxygens (including phenoxy) is 1. The molecule has 0 spiro atoms. The third-order valence-electron chi connectivity index (χ3n) is 10.2. The van der Waals surface area contributed by atoms with E-state index in [1.807, 2.05) is 13.0 Å². The number of aryl methyl sites for hydroxylation is 1. The number of phenolic OH excluding ortho intramolecular Hbond substituents is 1. The predicted octanol–water partition coefficient (Wildman–Crippen LogP) is 5.28. The molecule has 0 radical (unpaired) electrons. The summed E-state index contributed by atoms with van der Waals surface area (Å²) in [5.41, 5.74) is 4.20. The normalized spacial score (nSPS) is 25.6. The maximum Gasteiger partial charge on any atom is 0.319 e. The van der Waals surface area contributed by atoms with E-state index in [9.17, 15) is 5.11 Å². The van der Waals surface area contributed by atoms with E-state index in [1.54, 1.807) is 18.2 Å². The number of hydrogen-bond donors (Lipinski definition) is 2. The number of nitrogens with zero attached hydrogens (tertiary/aromatic N) is 4. The highest BCUT2D eigenvalue weighted by atomic mass is 19.1. The second kappa shape index (κ2) is 9.28. The lowest BCUT2D eigenvalue weighted by molar-refractivity contribution is 0.108. The molecule has 40 heavy (non-hydrogen) atoms. The first-order chi connectivity index (χ1) is 19.5. The van der Waals surface area contributed by atoms with Crippen LogP contribution in [0.5, 0.6) is 11.8 Å². The molecule has 8 heteroatoms. The summed E-state index contributed by atoms with van der Waals surface area (Å²) in [5, 5.41) is 14.9. The summed E-state index contributed by atoms with van der Waals surface area (Å²) in [6.07, 6.45) is 9.26. The standard InChI is InChI=1S/C32H38FN5O2/c1-19-12-23(39)13-25(29(19)20-4-5-20)24-15-28-26(14-27(24)33)30(37-16-21-6-7-22(17-37)34-21)36-31(35-28)40-18-32-8-2-10-38(32)11-3-9-32/h12-15,20-22,34,39H,2-11,16-18H2,1H3. The van der Waals surface area contributed by atoms with Crippen molar-refractivity contribution >= 4 is 16.7 Å². The molecule has 1 saturated carbocycles. The number of aromatic hydroxyl groups is 1. The van der Waals surface area contributed by atoms with E-state index in [4.69, 9.17) is 14.7 Å². The molecule has 0 amide bonds. The fourth-order valence-electron chi connectivity index (χ4n) is 8.17. The first-order valence-corrected chi connectivity index (χ1v) is 15.2. The fourth-order valence-corrected chi connectivity index (χ4v) is 8.17. The Morgan fingerprint density at radius 3 is 2.48 bits per heavy atom. The van der Waals surface area contributed by atoms with Crippen LogP contribution in [0.1, 0.15) is 68.4 Å². The van der Waals surface area contributed by atoms with Crippen molar-refractivity contribution in [3.8, 4) is 22.9 Å². The summed E-state index contributed by atoms with van der Waals surface area (Å²) in [5.74, 6) is 1.05. The molecule has 2 atom stereocenters. The summed E-state index contributed by atoms with van der Waals surface area (Å²) in [6, 6.07) is 8.21. The van der Waals surface area contributed by atoms with Gasteiger partial charge in [0.25, 0.3) is 0 Å². The molecule has 5 aliphatic rings. The molecule has 1 aliphatic carbocycles. The number of anilines is 1. The number of aromatic nitrogens is 2. The number of halogens is 1. The molecule has 1 aromatic heterocycles. The van der Waals surface area contributed by atoms with Crippen LogP contribution >= 0.6 is 0 Å². The van der Waals surface area contributed by atoms with E-state index < -0.39 is 0 Å². The van der Waals surface area contributed by atoms with E-state index in [0.717, 1.165) is 92.6 Å². The lowest BCUT2D eigenvalue weighted by Gasteiger charge is -2.34. The Bertz CT molecular complexity index is 1470. The lowest BCUT2D eigenvalue weighted by Crippen LogP contribution is -2.51. The van der Waals surface area contributed by atoms with Crippen molar-refractivity contribution in [1.82, 2.24) is 20.2 Å². The number of nitrogens with one attached hydrogen (secondary N) is 1. The zero-order chi connectivity index (χ0) is 27.0. The molecule has 5 fully saturated rings. The molecule has 7 nitrogen and oxygen atoms in total. The highest BCUT2D eigenvalue weighted by Gasteiger charge is 2.45. The van der Waals surface area contributed by atoms with Crippen LogP contribution in [-0.2, 0) is 0 Å². The van der Waals surface area contributed by atoms with Crippen molar-refractivity contribution in [3.05, 3.63) is 41.2 Å². The highest BCUT2D eigenvalue weighted by Crippen LogP contribution is 2.48. The van der Waals surface area contributed by atoms with E-state index >= 15 is 4.39 Å². The molecule has 210 valence electrons. The van der Waals surface area contributed by atoms with E-state index in [1.165, 1.54) is 12.8 Å². The Morgan fingerprint density at radius 1 is 1.00 bits per heavy atom. The third-order valence-corrected chi connectivity index (χ3v) is 10.2. The van der Waals surface area contributed by atoms with Crippen molar-refractivity contribution in [2.45, 2.75) is 81.8 Å². The van der Waals surface area contributed by atoms with Crippen LogP contribution in [0.25, 0.3) is 22.0 Å². The zero-order valence-electron chi connectivity index (χ0n) is 23.3. The zero-order valence-corrected chi connectivity index (χ0v) is 23.3. The summed E-state index contributed by atoms with van der Waals surface area (Å²) < 4.78 is 22.5. The van der Waals surface area contributed by atoms with Crippen LogP contribution in [0.4, 0.5) is 10.2 Å². The van der Waals surface area contributed by atoms with Crippen molar-refractivity contribution in [3.63, 3.8) is 0 Å². The van der Waals surface area contributed by atoms with Crippen LogP contribution in [0.3, 0.4) is 0 Å². The average Bonchev–Trinajstić information content (AvgIpc) is 3.42. The molecular formula is C32H38FN5O2. The minimum absolute atomic E-state index is 0.0961. The number of hydrogen-bond acceptors (Lipinski definition) is 7. The van der Waals surface area contributed by atoms with E-state index in [-0.39, 0.29) is 17.1 Å². The monoisotopic (exact) mass is 543 g/mol. The average molecular weight is 544 g/mol. The molecule has 8 rings (SSSR count). The molecule has 4 aliphatic heterocycles. The van der Waals surface area contributed by atoms with Crippen molar-refractivity contribution in [2.75, 3.05) is 37.7 Å². The maximum atomic E-state index is 16.0. The van der Waals surface area contributed by atoms with Crippen LogP contribution in [0.15, 0.2) is 24.3 Å². The van der Waals surface area contributed by atoms with Gasteiger partial charge in [-0.1, -0.05) is 0 Å². The summed E-state index contributed by atoms with van der Waals surface area (Å²) in [7, 11) is 0. The van der Waals surface area contributed by atoms with Gasteiger partial charge in [0.1, 0.15) is 24.0 Å². The summed E-state index contributed by atoms with van der Waals surface area (Å²) in [4.78, 5) is 14.7. The molecule has 5 heterocycles. The number of benzene rings is 2. The van der Waals surface area contributed by atoms with Crippen molar-refractivity contribution in [1.29, 1.82) is 0 Å². The SMILES string of the molecule is Cc1cc(O)cc(-c2cc3nc(OCC45CCCN4CCC5)nc(N4CC5CCC(C4)N5)c3cc2F)c1C1CC1. The molecule has 2 bridgehead atoms. The van der Waals surface area contributed by atoms with Gasteiger partial charge in [0, 0.05) is 36.1 Å². The first-order valence-electron chi connectivity index (χ1n) is 15.2. The van der Waals surface area contributed by atoms with Gasteiger partial charge >= 0.3 is 6.01 Å².